The van der Waals surface area contributed by atoms with Gasteiger partial charge in [-0.25, -0.2) is 9.50 Å². The van der Waals surface area contributed by atoms with Gasteiger partial charge in [0.1, 0.15) is 5.75 Å². The van der Waals surface area contributed by atoms with E-state index in [-0.39, 0.29) is 0 Å². The minimum absolute atomic E-state index is 0.582. The molecule has 0 unspecified atom stereocenters. The van der Waals surface area contributed by atoms with E-state index in [1.807, 2.05) is 53.9 Å². The van der Waals surface area contributed by atoms with Gasteiger partial charge in [0.15, 0.2) is 11.5 Å². The molecule has 0 atom stereocenters. The SMILES string of the molecule is Cc1ccc(OCCc2nc3cccc(C)n3n2)cc1. The summed E-state index contributed by atoms with van der Waals surface area (Å²) in [5, 5.41) is 4.48. The summed E-state index contributed by atoms with van der Waals surface area (Å²) in [6.07, 6.45) is 0.703. The number of ether oxygens (including phenoxy) is 1. The highest BCUT2D eigenvalue weighted by Gasteiger charge is 2.05. The summed E-state index contributed by atoms with van der Waals surface area (Å²) >= 11 is 0. The first-order chi connectivity index (χ1) is 9.72. The summed E-state index contributed by atoms with van der Waals surface area (Å²) in [6.45, 7) is 4.67. The average Bonchev–Trinajstić information content (AvgIpc) is 2.85. The highest BCUT2D eigenvalue weighted by atomic mass is 16.5. The Bertz CT molecular complexity index is 716. The molecule has 0 amide bonds. The number of pyridine rings is 1. The molecule has 102 valence electrons. The van der Waals surface area contributed by atoms with E-state index in [2.05, 4.69) is 17.0 Å². The van der Waals surface area contributed by atoms with Gasteiger partial charge in [-0.3, -0.25) is 0 Å². The lowest BCUT2D eigenvalue weighted by Gasteiger charge is -2.04. The van der Waals surface area contributed by atoms with Crippen molar-refractivity contribution in [3.63, 3.8) is 0 Å². The van der Waals surface area contributed by atoms with E-state index in [4.69, 9.17) is 4.74 Å². The average molecular weight is 267 g/mol. The van der Waals surface area contributed by atoms with Crippen LogP contribution >= 0.6 is 0 Å². The van der Waals surface area contributed by atoms with Crippen LogP contribution in [0.4, 0.5) is 0 Å². The summed E-state index contributed by atoms with van der Waals surface area (Å²) in [5.74, 6) is 1.70. The standard InChI is InChI=1S/C16H17N3O/c1-12-6-8-14(9-7-12)20-11-10-15-17-16-5-3-4-13(2)19(16)18-15/h3-9H,10-11H2,1-2H3. The fourth-order valence-corrected chi connectivity index (χ4v) is 2.08. The third-order valence-electron chi connectivity index (χ3n) is 3.21. The molecule has 0 N–H and O–H groups in total. The van der Waals surface area contributed by atoms with Gasteiger partial charge in [0.2, 0.25) is 0 Å². The topological polar surface area (TPSA) is 39.4 Å². The Labute approximate surface area is 118 Å². The molecule has 4 nitrogen and oxygen atoms in total. The van der Waals surface area contributed by atoms with Crippen LogP contribution in [-0.2, 0) is 6.42 Å². The number of hydrogen-bond acceptors (Lipinski definition) is 3. The predicted octanol–water partition coefficient (Wildman–Crippen LogP) is 2.97. The Morgan fingerprint density at radius 3 is 2.60 bits per heavy atom. The molecule has 0 saturated heterocycles. The molecule has 2 aromatic heterocycles. The van der Waals surface area contributed by atoms with Crippen LogP contribution in [0.1, 0.15) is 17.1 Å². The molecule has 0 radical (unpaired) electrons. The maximum Gasteiger partial charge on any atom is 0.155 e. The van der Waals surface area contributed by atoms with Crippen molar-refractivity contribution in [2.24, 2.45) is 0 Å². The summed E-state index contributed by atoms with van der Waals surface area (Å²) in [7, 11) is 0. The van der Waals surface area contributed by atoms with Gasteiger partial charge in [0.05, 0.1) is 6.61 Å². The van der Waals surface area contributed by atoms with E-state index in [0.29, 0.717) is 13.0 Å². The van der Waals surface area contributed by atoms with Crippen LogP contribution in [0.5, 0.6) is 5.75 Å². The lowest BCUT2D eigenvalue weighted by molar-refractivity contribution is 0.319. The number of rotatable bonds is 4. The van der Waals surface area contributed by atoms with Crippen molar-refractivity contribution in [2.75, 3.05) is 6.61 Å². The van der Waals surface area contributed by atoms with Crippen LogP contribution in [-0.4, -0.2) is 21.2 Å². The van der Waals surface area contributed by atoms with Crippen molar-refractivity contribution in [1.29, 1.82) is 0 Å². The molecule has 20 heavy (non-hydrogen) atoms. The lowest BCUT2D eigenvalue weighted by Crippen LogP contribution is -2.03. The first-order valence-electron chi connectivity index (χ1n) is 6.73. The van der Waals surface area contributed by atoms with Crippen molar-refractivity contribution >= 4 is 5.65 Å². The van der Waals surface area contributed by atoms with Gasteiger partial charge < -0.3 is 4.74 Å². The largest absolute Gasteiger partial charge is 0.493 e. The minimum Gasteiger partial charge on any atom is -0.493 e. The van der Waals surface area contributed by atoms with E-state index < -0.39 is 0 Å². The van der Waals surface area contributed by atoms with Crippen LogP contribution in [0.3, 0.4) is 0 Å². The normalized spacial score (nSPS) is 10.9. The maximum absolute atomic E-state index is 5.70. The summed E-state index contributed by atoms with van der Waals surface area (Å²) < 4.78 is 7.56. The monoisotopic (exact) mass is 267 g/mol. The molecule has 0 aliphatic carbocycles. The second-order valence-corrected chi connectivity index (χ2v) is 4.88. The minimum atomic E-state index is 0.582. The van der Waals surface area contributed by atoms with Crippen molar-refractivity contribution in [1.82, 2.24) is 14.6 Å². The Balaban J connectivity index is 1.65. The predicted molar refractivity (Wildman–Crippen MR) is 78.1 cm³/mol. The molecule has 0 aliphatic heterocycles. The molecule has 4 heteroatoms. The van der Waals surface area contributed by atoms with Crippen molar-refractivity contribution in [2.45, 2.75) is 20.3 Å². The number of aryl methyl sites for hydroxylation is 2. The van der Waals surface area contributed by atoms with Crippen LogP contribution in [0.15, 0.2) is 42.5 Å². The number of benzene rings is 1. The summed E-state index contributed by atoms with van der Waals surface area (Å²) in [6, 6.07) is 14.0. The molecular formula is C16H17N3O. The van der Waals surface area contributed by atoms with E-state index >= 15 is 0 Å². The molecule has 0 aliphatic rings. The molecule has 0 fully saturated rings. The quantitative estimate of drug-likeness (QED) is 0.729. The molecular weight excluding hydrogens is 250 g/mol. The van der Waals surface area contributed by atoms with Gasteiger partial charge in [-0.2, -0.15) is 5.10 Å². The summed E-state index contributed by atoms with van der Waals surface area (Å²) in [4.78, 5) is 4.49. The zero-order chi connectivity index (χ0) is 13.9. The fourth-order valence-electron chi connectivity index (χ4n) is 2.08. The second-order valence-electron chi connectivity index (χ2n) is 4.88. The van der Waals surface area contributed by atoms with Crippen LogP contribution in [0.25, 0.3) is 5.65 Å². The van der Waals surface area contributed by atoms with E-state index in [1.165, 1.54) is 5.56 Å². The molecule has 3 rings (SSSR count). The van der Waals surface area contributed by atoms with Gasteiger partial charge in [0.25, 0.3) is 0 Å². The number of fused-ring (bicyclic) bond motifs is 1. The van der Waals surface area contributed by atoms with Crippen molar-refractivity contribution in [3.8, 4) is 5.75 Å². The second kappa shape index (κ2) is 5.33. The van der Waals surface area contributed by atoms with Gasteiger partial charge >= 0.3 is 0 Å². The molecule has 0 spiro atoms. The molecule has 0 saturated carbocycles. The van der Waals surface area contributed by atoms with Gasteiger partial charge in [-0.15, -0.1) is 0 Å². The third-order valence-corrected chi connectivity index (χ3v) is 3.21. The first-order valence-corrected chi connectivity index (χ1v) is 6.73. The highest BCUT2D eigenvalue weighted by Crippen LogP contribution is 2.12. The van der Waals surface area contributed by atoms with Crippen molar-refractivity contribution in [3.05, 3.63) is 59.5 Å². The smallest absolute Gasteiger partial charge is 0.155 e. The molecule has 0 bridgehead atoms. The zero-order valence-corrected chi connectivity index (χ0v) is 11.7. The van der Waals surface area contributed by atoms with Crippen LogP contribution in [0, 0.1) is 13.8 Å². The van der Waals surface area contributed by atoms with Gasteiger partial charge in [-0.1, -0.05) is 23.8 Å². The van der Waals surface area contributed by atoms with Crippen molar-refractivity contribution < 1.29 is 4.74 Å². The zero-order valence-electron chi connectivity index (χ0n) is 11.7. The van der Waals surface area contributed by atoms with Gasteiger partial charge in [-0.05, 0) is 38.1 Å². The summed E-state index contributed by atoms with van der Waals surface area (Å²) in [5.41, 5.74) is 3.20. The lowest BCUT2D eigenvalue weighted by atomic mass is 10.2. The third kappa shape index (κ3) is 2.64. The van der Waals surface area contributed by atoms with Gasteiger partial charge in [0, 0.05) is 12.1 Å². The van der Waals surface area contributed by atoms with Crippen LogP contribution < -0.4 is 4.74 Å². The molecule has 2 heterocycles. The Morgan fingerprint density at radius 1 is 1.05 bits per heavy atom. The Kier molecular flexibility index (Phi) is 3.37. The molecule has 3 aromatic rings. The van der Waals surface area contributed by atoms with E-state index in [0.717, 1.165) is 22.9 Å². The van der Waals surface area contributed by atoms with E-state index in [1.54, 1.807) is 0 Å². The van der Waals surface area contributed by atoms with Crippen LogP contribution in [0.2, 0.25) is 0 Å². The number of nitrogens with zero attached hydrogens (tertiary/aromatic N) is 3. The number of aromatic nitrogens is 3. The maximum atomic E-state index is 5.70. The first kappa shape index (κ1) is 12.7. The number of hydrogen-bond donors (Lipinski definition) is 0. The fraction of sp³-hybridized carbons (Fsp3) is 0.250. The Morgan fingerprint density at radius 2 is 1.85 bits per heavy atom. The van der Waals surface area contributed by atoms with E-state index in [9.17, 15) is 0 Å². The highest BCUT2D eigenvalue weighted by molar-refractivity contribution is 5.38. The molecule has 1 aromatic carbocycles. The Hall–Kier alpha value is -2.36.